The van der Waals surface area contributed by atoms with Crippen LogP contribution >= 0.6 is 0 Å². The maximum absolute atomic E-state index is 5.53. The predicted molar refractivity (Wildman–Crippen MR) is 47.7 cm³/mol. The smallest absolute Gasteiger partial charge is 0.0576 e. The SMILES string of the molecule is CCCCCC[C@@H]1CCCO1. The highest BCUT2D eigenvalue weighted by molar-refractivity contribution is 4.64. The molecule has 1 heterocycles. The molecule has 1 aliphatic rings. The van der Waals surface area contributed by atoms with E-state index in [1.807, 2.05) is 0 Å². The summed E-state index contributed by atoms with van der Waals surface area (Å²) in [4.78, 5) is 0. The van der Waals surface area contributed by atoms with Gasteiger partial charge in [0.2, 0.25) is 0 Å². The van der Waals surface area contributed by atoms with Crippen molar-refractivity contribution in [1.29, 1.82) is 0 Å². The lowest BCUT2D eigenvalue weighted by atomic mass is 10.1. The molecule has 0 amide bonds. The maximum atomic E-state index is 5.53. The Morgan fingerprint density at radius 3 is 2.82 bits per heavy atom. The first-order chi connectivity index (χ1) is 5.43. The Labute approximate surface area is 70.1 Å². The van der Waals surface area contributed by atoms with Gasteiger partial charge in [0, 0.05) is 6.61 Å². The highest BCUT2D eigenvalue weighted by Gasteiger charge is 2.13. The van der Waals surface area contributed by atoms with E-state index in [1.165, 1.54) is 44.9 Å². The quantitative estimate of drug-likeness (QED) is 0.556. The number of hydrogen-bond donors (Lipinski definition) is 0. The van der Waals surface area contributed by atoms with Crippen LogP contribution in [0.5, 0.6) is 0 Å². The molecule has 0 aromatic heterocycles. The summed E-state index contributed by atoms with van der Waals surface area (Å²) in [5.74, 6) is 0. The monoisotopic (exact) mass is 156 g/mol. The Kier molecular flexibility index (Phi) is 4.60. The Balaban J connectivity index is 1.86. The lowest BCUT2D eigenvalue weighted by Gasteiger charge is -2.07. The fourth-order valence-corrected chi connectivity index (χ4v) is 1.67. The number of hydrogen-bond acceptors (Lipinski definition) is 1. The summed E-state index contributed by atoms with van der Waals surface area (Å²) < 4.78 is 5.53. The van der Waals surface area contributed by atoms with Gasteiger partial charge in [0.05, 0.1) is 6.10 Å². The molecular weight excluding hydrogens is 136 g/mol. The zero-order chi connectivity index (χ0) is 7.94. The van der Waals surface area contributed by atoms with E-state index in [1.54, 1.807) is 0 Å². The van der Waals surface area contributed by atoms with Crippen molar-refractivity contribution >= 4 is 0 Å². The fourth-order valence-electron chi connectivity index (χ4n) is 1.67. The summed E-state index contributed by atoms with van der Waals surface area (Å²) in [7, 11) is 0. The minimum Gasteiger partial charge on any atom is -0.378 e. The van der Waals surface area contributed by atoms with Crippen molar-refractivity contribution in [2.75, 3.05) is 6.61 Å². The Morgan fingerprint density at radius 1 is 1.27 bits per heavy atom. The molecule has 1 fully saturated rings. The Morgan fingerprint density at radius 2 is 2.18 bits per heavy atom. The third-order valence-electron chi connectivity index (χ3n) is 2.40. The van der Waals surface area contributed by atoms with Crippen LogP contribution in [0.2, 0.25) is 0 Å². The molecule has 0 aromatic carbocycles. The maximum Gasteiger partial charge on any atom is 0.0576 e. The molecular formula is C10H20O. The Bertz CT molecular complexity index is 84.9. The molecule has 0 spiro atoms. The van der Waals surface area contributed by atoms with Crippen molar-refractivity contribution in [1.82, 2.24) is 0 Å². The summed E-state index contributed by atoms with van der Waals surface area (Å²) >= 11 is 0. The van der Waals surface area contributed by atoms with Crippen LogP contribution in [0.4, 0.5) is 0 Å². The molecule has 11 heavy (non-hydrogen) atoms. The van der Waals surface area contributed by atoms with E-state index in [0.717, 1.165) is 6.61 Å². The first-order valence-electron chi connectivity index (χ1n) is 5.05. The lowest BCUT2D eigenvalue weighted by Crippen LogP contribution is -2.03. The molecule has 0 aliphatic carbocycles. The minimum atomic E-state index is 0.617. The van der Waals surface area contributed by atoms with E-state index >= 15 is 0 Å². The van der Waals surface area contributed by atoms with Gasteiger partial charge in [-0.2, -0.15) is 0 Å². The predicted octanol–water partition coefficient (Wildman–Crippen LogP) is 3.14. The van der Waals surface area contributed by atoms with Gasteiger partial charge in [0.15, 0.2) is 0 Å². The van der Waals surface area contributed by atoms with Crippen LogP contribution in [0.15, 0.2) is 0 Å². The van der Waals surface area contributed by atoms with Crippen molar-refractivity contribution < 1.29 is 4.74 Å². The number of ether oxygens (including phenoxy) is 1. The molecule has 1 aliphatic heterocycles. The van der Waals surface area contributed by atoms with Crippen LogP contribution in [0.1, 0.15) is 51.9 Å². The second-order valence-electron chi connectivity index (χ2n) is 3.48. The first-order valence-corrected chi connectivity index (χ1v) is 5.05. The second kappa shape index (κ2) is 5.59. The van der Waals surface area contributed by atoms with Gasteiger partial charge in [0.1, 0.15) is 0 Å². The van der Waals surface area contributed by atoms with Gasteiger partial charge < -0.3 is 4.74 Å². The van der Waals surface area contributed by atoms with E-state index in [-0.39, 0.29) is 0 Å². The van der Waals surface area contributed by atoms with E-state index in [0.29, 0.717) is 6.10 Å². The fraction of sp³-hybridized carbons (Fsp3) is 1.00. The van der Waals surface area contributed by atoms with Gasteiger partial charge in [-0.1, -0.05) is 32.6 Å². The summed E-state index contributed by atoms with van der Waals surface area (Å²) in [6, 6.07) is 0. The molecule has 0 saturated carbocycles. The molecule has 1 atom stereocenters. The van der Waals surface area contributed by atoms with Gasteiger partial charge in [-0.25, -0.2) is 0 Å². The van der Waals surface area contributed by atoms with E-state index in [9.17, 15) is 0 Å². The van der Waals surface area contributed by atoms with Gasteiger partial charge in [-0.05, 0) is 19.3 Å². The summed E-state index contributed by atoms with van der Waals surface area (Å²) in [6.07, 6.45) is 10.0. The molecule has 1 rings (SSSR count). The van der Waals surface area contributed by atoms with Gasteiger partial charge in [-0.3, -0.25) is 0 Å². The van der Waals surface area contributed by atoms with Gasteiger partial charge in [-0.15, -0.1) is 0 Å². The van der Waals surface area contributed by atoms with Crippen LogP contribution in [0, 0.1) is 0 Å². The average molecular weight is 156 g/mol. The summed E-state index contributed by atoms with van der Waals surface area (Å²) in [5.41, 5.74) is 0. The third kappa shape index (κ3) is 3.76. The second-order valence-corrected chi connectivity index (χ2v) is 3.48. The van der Waals surface area contributed by atoms with E-state index in [2.05, 4.69) is 6.92 Å². The third-order valence-corrected chi connectivity index (χ3v) is 2.40. The highest BCUT2D eigenvalue weighted by atomic mass is 16.5. The molecule has 1 heteroatoms. The van der Waals surface area contributed by atoms with Crippen molar-refractivity contribution in [3.05, 3.63) is 0 Å². The largest absolute Gasteiger partial charge is 0.378 e. The first kappa shape index (κ1) is 9.05. The van der Waals surface area contributed by atoms with Crippen LogP contribution in [-0.4, -0.2) is 12.7 Å². The van der Waals surface area contributed by atoms with Crippen LogP contribution in [0.25, 0.3) is 0 Å². The Hall–Kier alpha value is -0.0400. The lowest BCUT2D eigenvalue weighted by molar-refractivity contribution is 0.102. The van der Waals surface area contributed by atoms with Crippen LogP contribution in [-0.2, 0) is 4.74 Å². The minimum absolute atomic E-state index is 0.617. The highest BCUT2D eigenvalue weighted by Crippen LogP contribution is 2.18. The molecule has 1 saturated heterocycles. The van der Waals surface area contributed by atoms with E-state index < -0.39 is 0 Å². The molecule has 0 radical (unpaired) electrons. The van der Waals surface area contributed by atoms with Crippen LogP contribution < -0.4 is 0 Å². The number of rotatable bonds is 5. The summed E-state index contributed by atoms with van der Waals surface area (Å²) in [6.45, 7) is 3.27. The van der Waals surface area contributed by atoms with Crippen molar-refractivity contribution in [2.24, 2.45) is 0 Å². The summed E-state index contributed by atoms with van der Waals surface area (Å²) in [5, 5.41) is 0. The number of unbranched alkanes of at least 4 members (excludes halogenated alkanes) is 3. The van der Waals surface area contributed by atoms with Gasteiger partial charge >= 0.3 is 0 Å². The normalized spacial score (nSPS) is 24.3. The zero-order valence-electron chi connectivity index (χ0n) is 7.64. The molecule has 0 N–H and O–H groups in total. The van der Waals surface area contributed by atoms with Crippen molar-refractivity contribution in [3.63, 3.8) is 0 Å². The zero-order valence-corrected chi connectivity index (χ0v) is 7.64. The van der Waals surface area contributed by atoms with Crippen LogP contribution in [0.3, 0.4) is 0 Å². The molecule has 0 bridgehead atoms. The van der Waals surface area contributed by atoms with Gasteiger partial charge in [0.25, 0.3) is 0 Å². The average Bonchev–Trinajstić information content (AvgIpc) is 2.50. The van der Waals surface area contributed by atoms with E-state index in [4.69, 9.17) is 4.74 Å². The molecule has 66 valence electrons. The molecule has 0 unspecified atom stereocenters. The molecule has 0 aromatic rings. The topological polar surface area (TPSA) is 9.23 Å². The standard InChI is InChI=1S/C10H20O/c1-2-3-4-5-7-10-8-6-9-11-10/h10H,2-9H2,1H3/t10-/m1/s1. The van der Waals surface area contributed by atoms with Crippen molar-refractivity contribution in [3.8, 4) is 0 Å². The molecule has 1 nitrogen and oxygen atoms in total. The van der Waals surface area contributed by atoms with Crippen molar-refractivity contribution in [2.45, 2.75) is 58.0 Å².